The van der Waals surface area contributed by atoms with Crippen molar-refractivity contribution in [2.45, 2.75) is 58.3 Å². The lowest BCUT2D eigenvalue weighted by molar-refractivity contribution is -0.121. The van der Waals surface area contributed by atoms with Crippen LogP contribution in [-0.4, -0.2) is 48.7 Å². The molecular weight excluding hydrogens is 264 g/mol. The molecule has 0 radical (unpaired) electrons. The fourth-order valence-corrected chi connectivity index (χ4v) is 3.74. The third-order valence-electron chi connectivity index (χ3n) is 5.21. The molecule has 0 aromatic carbocycles. The fourth-order valence-electron chi connectivity index (χ4n) is 3.74. The van der Waals surface area contributed by atoms with Gasteiger partial charge in [-0.15, -0.1) is 0 Å². The van der Waals surface area contributed by atoms with Gasteiger partial charge in [0.15, 0.2) is 0 Å². The van der Waals surface area contributed by atoms with Crippen LogP contribution in [0.4, 0.5) is 0 Å². The number of aliphatic hydroxyl groups excluding tert-OH is 1. The second kappa shape index (κ2) is 8.14. The van der Waals surface area contributed by atoms with Crippen LogP contribution < -0.4 is 5.32 Å². The van der Waals surface area contributed by atoms with Crippen LogP contribution in [0.1, 0.15) is 58.3 Å². The van der Waals surface area contributed by atoms with Gasteiger partial charge < -0.3 is 15.3 Å². The van der Waals surface area contributed by atoms with Crippen LogP contribution in [0, 0.1) is 11.3 Å². The monoisotopic (exact) mass is 296 g/mol. The number of likely N-dealkylation sites (tertiary alicyclic amines) is 1. The molecule has 1 aliphatic heterocycles. The lowest BCUT2D eigenvalue weighted by Gasteiger charge is -2.39. The van der Waals surface area contributed by atoms with Gasteiger partial charge in [0.1, 0.15) is 0 Å². The molecule has 1 atom stereocenters. The molecule has 1 saturated carbocycles. The highest BCUT2D eigenvalue weighted by molar-refractivity contribution is 5.76. The Hall–Kier alpha value is -0.610. The van der Waals surface area contributed by atoms with Crippen molar-refractivity contribution < 1.29 is 9.90 Å². The number of nitrogens with one attached hydrogen (secondary N) is 1. The van der Waals surface area contributed by atoms with Gasteiger partial charge in [-0.3, -0.25) is 4.79 Å². The van der Waals surface area contributed by atoms with Crippen LogP contribution in [0.5, 0.6) is 0 Å². The molecule has 1 saturated heterocycles. The van der Waals surface area contributed by atoms with E-state index < -0.39 is 0 Å². The van der Waals surface area contributed by atoms with Gasteiger partial charge in [-0.05, 0) is 38.1 Å². The first kappa shape index (κ1) is 16.8. The van der Waals surface area contributed by atoms with E-state index in [1.54, 1.807) is 0 Å². The zero-order valence-corrected chi connectivity index (χ0v) is 13.6. The Labute approximate surface area is 129 Å². The molecule has 2 aliphatic rings. The van der Waals surface area contributed by atoms with E-state index in [0.717, 1.165) is 39.0 Å². The normalized spacial score (nSPS) is 28.5. The summed E-state index contributed by atoms with van der Waals surface area (Å²) in [5.41, 5.74) is 0.0246. The van der Waals surface area contributed by atoms with E-state index in [-0.39, 0.29) is 17.9 Å². The molecule has 1 aliphatic carbocycles. The summed E-state index contributed by atoms with van der Waals surface area (Å²) in [6, 6.07) is 0. The lowest BCUT2D eigenvalue weighted by Crippen LogP contribution is -2.44. The Balaban J connectivity index is 1.62. The van der Waals surface area contributed by atoms with Gasteiger partial charge in [0.2, 0.25) is 5.91 Å². The second-order valence-corrected chi connectivity index (χ2v) is 7.41. The summed E-state index contributed by atoms with van der Waals surface area (Å²) in [5.74, 6) is 0.896. The van der Waals surface area contributed by atoms with Crippen LogP contribution in [0.3, 0.4) is 0 Å². The molecule has 1 unspecified atom stereocenters. The molecule has 1 amide bonds. The van der Waals surface area contributed by atoms with E-state index in [4.69, 9.17) is 0 Å². The van der Waals surface area contributed by atoms with Crippen molar-refractivity contribution in [2.24, 2.45) is 11.3 Å². The molecule has 2 N–H and O–H groups in total. The first-order chi connectivity index (χ1) is 10.1. The average molecular weight is 296 g/mol. The largest absolute Gasteiger partial charge is 0.396 e. The predicted octanol–water partition coefficient (Wildman–Crippen LogP) is 2.17. The van der Waals surface area contributed by atoms with Crippen molar-refractivity contribution in [3.05, 3.63) is 0 Å². The number of aliphatic hydroxyl groups is 1. The summed E-state index contributed by atoms with van der Waals surface area (Å²) >= 11 is 0. The minimum Gasteiger partial charge on any atom is -0.396 e. The zero-order valence-electron chi connectivity index (χ0n) is 13.6. The van der Waals surface area contributed by atoms with Gasteiger partial charge in [-0.1, -0.05) is 26.2 Å². The van der Waals surface area contributed by atoms with Gasteiger partial charge in [-0.2, -0.15) is 0 Å². The van der Waals surface area contributed by atoms with Crippen molar-refractivity contribution in [3.63, 3.8) is 0 Å². The number of piperidine rings is 1. The van der Waals surface area contributed by atoms with Crippen molar-refractivity contribution in [1.29, 1.82) is 0 Å². The van der Waals surface area contributed by atoms with Crippen molar-refractivity contribution in [2.75, 3.05) is 32.8 Å². The Kier molecular flexibility index (Phi) is 6.49. The minimum absolute atomic E-state index is 0.0246. The number of nitrogens with zero attached hydrogens (tertiary/aromatic N) is 1. The summed E-state index contributed by atoms with van der Waals surface area (Å²) in [5, 5.41) is 12.6. The summed E-state index contributed by atoms with van der Waals surface area (Å²) in [6.45, 7) is 6.06. The van der Waals surface area contributed by atoms with E-state index >= 15 is 0 Å². The number of rotatable bonds is 6. The van der Waals surface area contributed by atoms with Gasteiger partial charge in [0, 0.05) is 38.1 Å². The van der Waals surface area contributed by atoms with Crippen LogP contribution in [0.25, 0.3) is 0 Å². The van der Waals surface area contributed by atoms with Gasteiger partial charge in [0.25, 0.3) is 0 Å². The highest BCUT2D eigenvalue weighted by Gasteiger charge is 2.30. The highest BCUT2D eigenvalue weighted by Crippen LogP contribution is 2.28. The number of hydrogen-bond donors (Lipinski definition) is 2. The number of carbonyl (C=O) groups is 1. The quantitative estimate of drug-likeness (QED) is 0.790. The predicted molar refractivity (Wildman–Crippen MR) is 85.1 cm³/mol. The summed E-state index contributed by atoms with van der Waals surface area (Å²) in [6.07, 6.45) is 9.39. The molecule has 2 rings (SSSR count). The lowest BCUT2D eigenvalue weighted by atomic mass is 9.83. The molecule has 4 nitrogen and oxygen atoms in total. The topological polar surface area (TPSA) is 52.6 Å². The maximum absolute atomic E-state index is 12.0. The Morgan fingerprint density at radius 2 is 2.05 bits per heavy atom. The number of hydrogen-bond acceptors (Lipinski definition) is 3. The van der Waals surface area contributed by atoms with E-state index in [9.17, 15) is 9.90 Å². The SMILES string of the molecule is CC1(CO)CCCN(CCC(=O)NCC2CCCCC2)C1. The van der Waals surface area contributed by atoms with E-state index in [2.05, 4.69) is 17.1 Å². The fraction of sp³-hybridized carbons (Fsp3) is 0.941. The molecule has 122 valence electrons. The minimum atomic E-state index is 0.0246. The molecule has 0 spiro atoms. The molecule has 0 aromatic heterocycles. The number of amides is 1. The molecular formula is C17H32N2O2. The average Bonchev–Trinajstić information content (AvgIpc) is 2.52. The van der Waals surface area contributed by atoms with Gasteiger partial charge in [0.05, 0.1) is 0 Å². The highest BCUT2D eigenvalue weighted by atomic mass is 16.3. The standard InChI is InChI=1S/C17H32N2O2/c1-17(14-20)9-5-10-19(13-17)11-8-16(21)18-12-15-6-3-2-4-7-15/h15,20H,2-14H2,1H3,(H,18,21). The van der Waals surface area contributed by atoms with E-state index in [1.165, 1.54) is 32.1 Å². The van der Waals surface area contributed by atoms with E-state index in [0.29, 0.717) is 12.3 Å². The third-order valence-corrected chi connectivity index (χ3v) is 5.21. The van der Waals surface area contributed by atoms with Crippen LogP contribution in [0.2, 0.25) is 0 Å². The Bertz CT molecular complexity index is 329. The third kappa shape index (κ3) is 5.59. The van der Waals surface area contributed by atoms with Crippen molar-refractivity contribution >= 4 is 5.91 Å². The van der Waals surface area contributed by atoms with Crippen molar-refractivity contribution in [3.8, 4) is 0 Å². The first-order valence-corrected chi connectivity index (χ1v) is 8.71. The Morgan fingerprint density at radius 3 is 2.76 bits per heavy atom. The van der Waals surface area contributed by atoms with Crippen LogP contribution in [0.15, 0.2) is 0 Å². The summed E-state index contributed by atoms with van der Waals surface area (Å²) in [7, 11) is 0. The molecule has 0 aromatic rings. The Morgan fingerprint density at radius 1 is 1.29 bits per heavy atom. The smallest absolute Gasteiger partial charge is 0.221 e. The zero-order chi connectivity index (χ0) is 15.1. The maximum atomic E-state index is 12.0. The molecule has 21 heavy (non-hydrogen) atoms. The van der Waals surface area contributed by atoms with Crippen LogP contribution >= 0.6 is 0 Å². The first-order valence-electron chi connectivity index (χ1n) is 8.71. The summed E-state index contributed by atoms with van der Waals surface area (Å²) in [4.78, 5) is 14.3. The van der Waals surface area contributed by atoms with Gasteiger partial charge >= 0.3 is 0 Å². The van der Waals surface area contributed by atoms with Gasteiger partial charge in [-0.25, -0.2) is 0 Å². The maximum Gasteiger partial charge on any atom is 0.221 e. The molecule has 0 bridgehead atoms. The number of carbonyl (C=O) groups excluding carboxylic acids is 1. The van der Waals surface area contributed by atoms with Crippen LogP contribution in [-0.2, 0) is 4.79 Å². The van der Waals surface area contributed by atoms with Crippen molar-refractivity contribution in [1.82, 2.24) is 10.2 Å². The molecule has 4 heteroatoms. The second-order valence-electron chi connectivity index (χ2n) is 7.41. The van der Waals surface area contributed by atoms with E-state index in [1.807, 2.05) is 0 Å². The summed E-state index contributed by atoms with van der Waals surface area (Å²) < 4.78 is 0. The molecule has 2 fully saturated rings. The molecule has 1 heterocycles.